The number of alkyl carbamates (subject to hydrolysis) is 1. The number of carbonyl (C=O) groups excluding carboxylic acids is 1. The molecule has 1 atom stereocenters. The van der Waals surface area contributed by atoms with Crippen molar-refractivity contribution in [1.82, 2.24) is 10.3 Å². The molecule has 1 N–H and O–H groups in total. The van der Waals surface area contributed by atoms with Crippen LogP contribution in [0.5, 0.6) is 5.75 Å². The van der Waals surface area contributed by atoms with E-state index < -0.39 is 6.09 Å². The monoisotopic (exact) mass is 390 g/mol. The lowest BCUT2D eigenvalue weighted by Gasteiger charge is -2.06. The smallest absolute Gasteiger partial charge is 0.407 e. The maximum absolute atomic E-state index is 12.8. The maximum Gasteiger partial charge on any atom is 0.407 e. The number of nitrogens with one attached hydrogen (secondary N) is 1. The minimum absolute atomic E-state index is 0.245. The molecule has 1 amide bonds. The van der Waals surface area contributed by atoms with E-state index in [4.69, 9.17) is 9.47 Å². The van der Waals surface area contributed by atoms with E-state index in [2.05, 4.69) is 22.1 Å². The van der Waals surface area contributed by atoms with Crippen LogP contribution in [0.15, 0.2) is 72.8 Å². The lowest BCUT2D eigenvalue weighted by Crippen LogP contribution is -2.19. The van der Waals surface area contributed by atoms with E-state index in [1.54, 1.807) is 25.3 Å². The van der Waals surface area contributed by atoms with E-state index in [0.717, 1.165) is 5.75 Å². The Kier molecular flexibility index (Phi) is 6.80. The van der Waals surface area contributed by atoms with Gasteiger partial charge >= 0.3 is 6.09 Å². The van der Waals surface area contributed by atoms with Crippen LogP contribution in [0.1, 0.15) is 23.0 Å². The standard InChI is InChI=1S/C16H11FN2O2.C7H8O/c17-12-7-4-11(5-8-12)6-9-13-2-1-3-14(18-13)15-10-21-16(20)19-15;1-8-7-5-3-2-4-6-7/h1-5,7-8,15H,10H2,(H,19,20);2-6H,1H3/t15-;/m0./s1. The molecule has 3 aromatic rings. The lowest BCUT2D eigenvalue weighted by molar-refractivity contribution is 0.177. The fourth-order valence-electron chi connectivity index (χ4n) is 2.49. The fraction of sp³-hybridized carbons (Fsp3) is 0.130. The molecular formula is C23H19FN2O3. The van der Waals surface area contributed by atoms with Crippen molar-refractivity contribution in [3.05, 3.63) is 95.6 Å². The summed E-state index contributed by atoms with van der Waals surface area (Å²) in [4.78, 5) is 15.4. The molecule has 1 aliphatic rings. The Hall–Kier alpha value is -3.85. The van der Waals surface area contributed by atoms with Crippen LogP contribution in [0.3, 0.4) is 0 Å². The second-order valence-electron chi connectivity index (χ2n) is 6.02. The van der Waals surface area contributed by atoms with Gasteiger partial charge in [-0.15, -0.1) is 0 Å². The molecule has 4 rings (SSSR count). The Morgan fingerprint density at radius 1 is 1.03 bits per heavy atom. The molecule has 2 aromatic carbocycles. The molecule has 1 aromatic heterocycles. The Bertz CT molecular complexity index is 1010. The van der Waals surface area contributed by atoms with Crippen molar-refractivity contribution in [2.24, 2.45) is 0 Å². The van der Waals surface area contributed by atoms with Gasteiger partial charge < -0.3 is 14.8 Å². The Morgan fingerprint density at radius 2 is 1.79 bits per heavy atom. The summed E-state index contributed by atoms with van der Waals surface area (Å²) in [7, 11) is 1.66. The number of pyridine rings is 1. The number of halogens is 1. The van der Waals surface area contributed by atoms with Gasteiger partial charge in [0.2, 0.25) is 0 Å². The number of ether oxygens (including phenoxy) is 2. The quantitative estimate of drug-likeness (QED) is 0.670. The summed E-state index contributed by atoms with van der Waals surface area (Å²) in [5.41, 5.74) is 1.99. The third kappa shape index (κ3) is 6.08. The van der Waals surface area contributed by atoms with Crippen molar-refractivity contribution < 1.29 is 18.7 Å². The van der Waals surface area contributed by atoms with Gasteiger partial charge in [0.1, 0.15) is 29.9 Å². The average molecular weight is 390 g/mol. The lowest BCUT2D eigenvalue weighted by atomic mass is 10.2. The number of benzene rings is 2. The zero-order chi connectivity index (χ0) is 20.5. The molecule has 6 heteroatoms. The molecule has 1 fully saturated rings. The molecule has 0 aliphatic carbocycles. The maximum atomic E-state index is 12.8. The van der Waals surface area contributed by atoms with Gasteiger partial charge in [-0.05, 0) is 54.5 Å². The van der Waals surface area contributed by atoms with Crippen molar-refractivity contribution in [2.75, 3.05) is 13.7 Å². The number of hydrogen-bond acceptors (Lipinski definition) is 4. The highest BCUT2D eigenvalue weighted by molar-refractivity contribution is 5.69. The normalized spacial score (nSPS) is 14.4. The number of carbonyl (C=O) groups is 1. The van der Waals surface area contributed by atoms with E-state index in [-0.39, 0.29) is 18.5 Å². The van der Waals surface area contributed by atoms with Crippen molar-refractivity contribution in [3.63, 3.8) is 0 Å². The summed E-state index contributed by atoms with van der Waals surface area (Å²) in [5.74, 6) is 6.45. The summed E-state index contributed by atoms with van der Waals surface area (Å²) in [6.45, 7) is 0.265. The molecule has 0 spiro atoms. The molecule has 146 valence electrons. The number of hydrogen-bond donors (Lipinski definition) is 1. The van der Waals surface area contributed by atoms with Crippen molar-refractivity contribution in [1.29, 1.82) is 0 Å². The number of aromatic nitrogens is 1. The van der Waals surface area contributed by atoms with Crippen molar-refractivity contribution >= 4 is 6.09 Å². The number of rotatable bonds is 2. The summed E-state index contributed by atoms with van der Waals surface area (Å²) >= 11 is 0. The van der Waals surface area contributed by atoms with Crippen LogP contribution in [0, 0.1) is 17.7 Å². The molecule has 0 saturated carbocycles. The molecule has 1 saturated heterocycles. The minimum atomic E-state index is -0.440. The Labute approximate surface area is 168 Å². The second-order valence-corrected chi connectivity index (χ2v) is 6.02. The first-order chi connectivity index (χ1) is 14.1. The van der Waals surface area contributed by atoms with E-state index in [9.17, 15) is 9.18 Å². The van der Waals surface area contributed by atoms with Gasteiger partial charge in [0.25, 0.3) is 0 Å². The first-order valence-electron chi connectivity index (χ1n) is 8.91. The number of amides is 1. The van der Waals surface area contributed by atoms with Crippen molar-refractivity contribution in [3.8, 4) is 17.6 Å². The third-order valence-electron chi connectivity index (χ3n) is 3.96. The predicted octanol–water partition coefficient (Wildman–Crippen LogP) is 4.10. The molecule has 0 bridgehead atoms. The van der Waals surface area contributed by atoms with Crippen LogP contribution < -0.4 is 10.1 Å². The molecule has 0 unspecified atom stereocenters. The highest BCUT2D eigenvalue weighted by Gasteiger charge is 2.24. The van der Waals surface area contributed by atoms with Crippen LogP contribution in [-0.2, 0) is 4.74 Å². The van der Waals surface area contributed by atoms with E-state index in [0.29, 0.717) is 17.0 Å². The highest BCUT2D eigenvalue weighted by Crippen LogP contribution is 2.16. The van der Waals surface area contributed by atoms with Gasteiger partial charge in [-0.1, -0.05) is 30.2 Å². The van der Waals surface area contributed by atoms with E-state index in [1.807, 2.05) is 42.5 Å². The molecule has 5 nitrogen and oxygen atoms in total. The number of cyclic esters (lactones) is 1. The number of nitrogens with zero attached hydrogens (tertiary/aromatic N) is 1. The summed E-state index contributed by atoms with van der Waals surface area (Å²) in [5, 5.41) is 2.66. The number of methoxy groups -OCH3 is 1. The summed E-state index contributed by atoms with van der Waals surface area (Å²) in [6, 6.07) is 20.8. The van der Waals surface area contributed by atoms with Crippen LogP contribution in [0.2, 0.25) is 0 Å². The molecular weight excluding hydrogens is 371 g/mol. The molecule has 2 heterocycles. The molecule has 29 heavy (non-hydrogen) atoms. The van der Waals surface area contributed by atoms with Gasteiger partial charge in [0.15, 0.2) is 0 Å². The first kappa shape index (κ1) is 19.9. The largest absolute Gasteiger partial charge is 0.497 e. The van der Waals surface area contributed by atoms with Gasteiger partial charge in [-0.2, -0.15) is 0 Å². The van der Waals surface area contributed by atoms with Gasteiger partial charge in [-0.25, -0.2) is 14.2 Å². The van der Waals surface area contributed by atoms with Crippen molar-refractivity contribution in [2.45, 2.75) is 6.04 Å². The average Bonchev–Trinajstić information content (AvgIpc) is 3.21. The van der Waals surface area contributed by atoms with Gasteiger partial charge in [0.05, 0.1) is 12.8 Å². The minimum Gasteiger partial charge on any atom is -0.497 e. The van der Waals surface area contributed by atoms with Gasteiger partial charge in [-0.3, -0.25) is 0 Å². The second kappa shape index (κ2) is 9.90. The Morgan fingerprint density at radius 3 is 2.41 bits per heavy atom. The van der Waals surface area contributed by atoms with Crippen LogP contribution >= 0.6 is 0 Å². The SMILES string of the molecule is COc1ccccc1.O=C1N[C@H](c2cccc(C#Cc3ccc(F)cc3)n2)CO1. The summed E-state index contributed by atoms with van der Waals surface area (Å²) < 4.78 is 22.6. The fourth-order valence-corrected chi connectivity index (χ4v) is 2.49. The first-order valence-corrected chi connectivity index (χ1v) is 8.91. The molecule has 1 aliphatic heterocycles. The van der Waals surface area contributed by atoms with E-state index in [1.165, 1.54) is 12.1 Å². The zero-order valence-electron chi connectivity index (χ0n) is 15.8. The van der Waals surface area contributed by atoms with Crippen LogP contribution in [0.4, 0.5) is 9.18 Å². The Balaban J connectivity index is 0.000000252. The van der Waals surface area contributed by atoms with E-state index >= 15 is 0 Å². The predicted molar refractivity (Wildman–Crippen MR) is 107 cm³/mol. The van der Waals surface area contributed by atoms with Crippen LogP contribution in [0.25, 0.3) is 0 Å². The third-order valence-corrected chi connectivity index (χ3v) is 3.96. The van der Waals surface area contributed by atoms with Crippen LogP contribution in [-0.4, -0.2) is 24.8 Å². The highest BCUT2D eigenvalue weighted by atomic mass is 19.1. The number of para-hydroxylation sites is 1. The summed E-state index contributed by atoms with van der Waals surface area (Å²) in [6.07, 6.45) is -0.440. The van der Waals surface area contributed by atoms with Gasteiger partial charge in [0, 0.05) is 5.56 Å². The molecule has 0 radical (unpaired) electrons. The topological polar surface area (TPSA) is 60.5 Å². The zero-order valence-corrected chi connectivity index (χ0v) is 15.8.